The third-order valence-corrected chi connectivity index (χ3v) is 5.26. The van der Waals surface area contributed by atoms with Gasteiger partial charge in [0.15, 0.2) is 11.2 Å². The SMILES string of the molecule is CC(C)(Oc1ccc(Cl)cc1)C(=O)Nc1cccc(-c2nc3cc(Cl)cc(Cl)c3o2)c1. The van der Waals surface area contributed by atoms with Crippen LogP contribution in [0.4, 0.5) is 5.69 Å². The third-order valence-electron chi connectivity index (χ3n) is 4.51. The molecule has 8 heteroatoms. The van der Waals surface area contributed by atoms with Gasteiger partial charge in [-0.2, -0.15) is 0 Å². The van der Waals surface area contributed by atoms with E-state index in [4.69, 9.17) is 44.0 Å². The molecule has 0 aliphatic carbocycles. The summed E-state index contributed by atoms with van der Waals surface area (Å²) in [6.07, 6.45) is 0. The van der Waals surface area contributed by atoms with E-state index in [1.54, 1.807) is 68.4 Å². The van der Waals surface area contributed by atoms with Gasteiger partial charge in [0, 0.05) is 21.3 Å². The highest BCUT2D eigenvalue weighted by molar-refractivity contribution is 6.38. The van der Waals surface area contributed by atoms with E-state index in [1.165, 1.54) is 0 Å². The molecule has 1 heterocycles. The fourth-order valence-electron chi connectivity index (χ4n) is 2.94. The number of benzene rings is 3. The highest BCUT2D eigenvalue weighted by atomic mass is 35.5. The van der Waals surface area contributed by atoms with Crippen LogP contribution in [0.1, 0.15) is 13.8 Å². The fourth-order valence-corrected chi connectivity index (χ4v) is 3.59. The molecule has 1 aromatic heterocycles. The van der Waals surface area contributed by atoms with E-state index in [0.717, 1.165) is 0 Å². The van der Waals surface area contributed by atoms with Crippen molar-refractivity contribution in [1.29, 1.82) is 0 Å². The second kappa shape index (κ2) is 8.42. The van der Waals surface area contributed by atoms with Gasteiger partial charge in [0.25, 0.3) is 5.91 Å². The van der Waals surface area contributed by atoms with Crippen molar-refractivity contribution in [3.05, 3.63) is 75.7 Å². The Morgan fingerprint density at radius 3 is 2.48 bits per heavy atom. The maximum Gasteiger partial charge on any atom is 0.267 e. The van der Waals surface area contributed by atoms with Crippen LogP contribution >= 0.6 is 34.8 Å². The minimum absolute atomic E-state index is 0.313. The number of anilines is 1. The van der Waals surface area contributed by atoms with E-state index in [1.807, 2.05) is 6.07 Å². The van der Waals surface area contributed by atoms with Crippen molar-refractivity contribution in [2.45, 2.75) is 19.4 Å². The number of nitrogens with one attached hydrogen (secondary N) is 1. The lowest BCUT2D eigenvalue weighted by molar-refractivity contribution is -0.128. The van der Waals surface area contributed by atoms with Gasteiger partial charge >= 0.3 is 0 Å². The number of hydrogen-bond acceptors (Lipinski definition) is 4. The van der Waals surface area contributed by atoms with Crippen molar-refractivity contribution in [3.63, 3.8) is 0 Å². The molecule has 0 saturated heterocycles. The number of carbonyl (C=O) groups excluding carboxylic acids is 1. The zero-order valence-electron chi connectivity index (χ0n) is 16.6. The standard InChI is InChI=1S/C23H17Cl3N2O3/c1-23(2,31-17-8-6-14(24)7-9-17)22(29)27-16-5-3-4-13(10-16)21-28-19-12-15(25)11-18(26)20(19)30-21/h3-12H,1-2H3,(H,27,29). The summed E-state index contributed by atoms with van der Waals surface area (Å²) in [5.74, 6) is 0.597. The van der Waals surface area contributed by atoms with Crippen LogP contribution in [0.3, 0.4) is 0 Å². The van der Waals surface area contributed by atoms with Gasteiger partial charge in [0.2, 0.25) is 5.89 Å². The molecule has 3 aromatic carbocycles. The molecule has 1 amide bonds. The summed E-state index contributed by atoms with van der Waals surface area (Å²) in [6.45, 7) is 3.38. The van der Waals surface area contributed by atoms with Crippen LogP contribution in [-0.2, 0) is 4.79 Å². The Morgan fingerprint density at radius 1 is 1.00 bits per heavy atom. The number of amides is 1. The Bertz CT molecular complexity index is 1270. The van der Waals surface area contributed by atoms with Gasteiger partial charge < -0.3 is 14.5 Å². The number of aromatic nitrogens is 1. The maximum absolute atomic E-state index is 12.8. The number of ether oxygens (including phenoxy) is 1. The minimum atomic E-state index is -1.12. The van der Waals surface area contributed by atoms with E-state index >= 15 is 0 Å². The Labute approximate surface area is 193 Å². The van der Waals surface area contributed by atoms with E-state index in [2.05, 4.69) is 10.3 Å². The zero-order valence-corrected chi connectivity index (χ0v) is 18.8. The zero-order chi connectivity index (χ0) is 22.2. The molecule has 0 fully saturated rings. The molecule has 1 N–H and O–H groups in total. The summed E-state index contributed by atoms with van der Waals surface area (Å²) in [5.41, 5.74) is 1.14. The van der Waals surface area contributed by atoms with E-state index in [9.17, 15) is 4.79 Å². The number of halogens is 3. The van der Waals surface area contributed by atoms with Gasteiger partial charge in [0.05, 0.1) is 5.02 Å². The van der Waals surface area contributed by atoms with Crippen LogP contribution in [0.5, 0.6) is 5.75 Å². The van der Waals surface area contributed by atoms with Crippen LogP contribution in [0.15, 0.2) is 65.1 Å². The predicted molar refractivity (Wildman–Crippen MR) is 124 cm³/mol. The van der Waals surface area contributed by atoms with Crippen LogP contribution in [0.2, 0.25) is 15.1 Å². The van der Waals surface area contributed by atoms with Gasteiger partial charge in [-0.25, -0.2) is 4.98 Å². The third kappa shape index (κ3) is 4.79. The molecule has 0 saturated carbocycles. The predicted octanol–water partition coefficient (Wildman–Crippen LogP) is 7.25. The molecule has 0 unspecified atom stereocenters. The van der Waals surface area contributed by atoms with E-state index in [-0.39, 0.29) is 5.91 Å². The summed E-state index contributed by atoms with van der Waals surface area (Å²) >= 11 is 18.1. The van der Waals surface area contributed by atoms with E-state index in [0.29, 0.717) is 49.1 Å². The van der Waals surface area contributed by atoms with Crippen LogP contribution in [-0.4, -0.2) is 16.5 Å². The smallest absolute Gasteiger partial charge is 0.267 e. The average Bonchev–Trinajstić information content (AvgIpc) is 3.14. The van der Waals surface area contributed by atoms with Crippen molar-refractivity contribution < 1.29 is 13.9 Å². The monoisotopic (exact) mass is 474 g/mol. The molecule has 4 rings (SSSR count). The molecule has 0 aliphatic rings. The van der Waals surface area contributed by atoms with Gasteiger partial charge in [0.1, 0.15) is 11.3 Å². The molecule has 5 nitrogen and oxygen atoms in total. The number of fused-ring (bicyclic) bond motifs is 1. The quantitative estimate of drug-likeness (QED) is 0.330. The lowest BCUT2D eigenvalue weighted by atomic mass is 10.1. The largest absolute Gasteiger partial charge is 0.478 e. The van der Waals surface area contributed by atoms with Crippen LogP contribution in [0, 0.1) is 0 Å². The number of carbonyl (C=O) groups is 1. The topological polar surface area (TPSA) is 64.4 Å². The Kier molecular flexibility index (Phi) is 5.84. The Hall–Kier alpha value is -2.73. The van der Waals surface area contributed by atoms with Crippen LogP contribution in [0.25, 0.3) is 22.6 Å². The molecule has 0 radical (unpaired) electrons. The highest BCUT2D eigenvalue weighted by Gasteiger charge is 2.30. The summed E-state index contributed by atoms with van der Waals surface area (Å²) in [5, 5.41) is 4.32. The molecule has 158 valence electrons. The van der Waals surface area contributed by atoms with E-state index < -0.39 is 5.60 Å². The second-order valence-electron chi connectivity index (χ2n) is 7.36. The minimum Gasteiger partial charge on any atom is -0.478 e. The first-order valence-electron chi connectivity index (χ1n) is 9.33. The first-order valence-corrected chi connectivity index (χ1v) is 10.5. The maximum atomic E-state index is 12.8. The molecule has 31 heavy (non-hydrogen) atoms. The Balaban J connectivity index is 1.55. The van der Waals surface area contributed by atoms with Gasteiger partial charge in [-0.15, -0.1) is 0 Å². The van der Waals surface area contributed by atoms with Crippen LogP contribution < -0.4 is 10.1 Å². The fraction of sp³-hybridized carbons (Fsp3) is 0.130. The van der Waals surface area contributed by atoms with Crippen molar-refractivity contribution >= 4 is 57.5 Å². The average molecular weight is 476 g/mol. The summed E-state index contributed by atoms with van der Waals surface area (Å²) in [7, 11) is 0. The molecule has 0 atom stereocenters. The molecular weight excluding hydrogens is 459 g/mol. The van der Waals surface area contributed by atoms with Gasteiger partial charge in [-0.1, -0.05) is 40.9 Å². The summed E-state index contributed by atoms with van der Waals surface area (Å²) < 4.78 is 11.6. The van der Waals surface area contributed by atoms with Gasteiger partial charge in [-0.3, -0.25) is 4.79 Å². The first-order chi connectivity index (χ1) is 14.7. The lowest BCUT2D eigenvalue weighted by Gasteiger charge is -2.25. The number of rotatable bonds is 5. The van der Waals surface area contributed by atoms with Crippen molar-refractivity contribution in [1.82, 2.24) is 4.98 Å². The van der Waals surface area contributed by atoms with Crippen molar-refractivity contribution in [2.75, 3.05) is 5.32 Å². The molecule has 0 bridgehead atoms. The second-order valence-corrected chi connectivity index (χ2v) is 8.64. The Morgan fingerprint density at radius 2 is 1.74 bits per heavy atom. The highest BCUT2D eigenvalue weighted by Crippen LogP contribution is 2.32. The number of hydrogen-bond donors (Lipinski definition) is 1. The summed E-state index contributed by atoms with van der Waals surface area (Å²) in [6, 6.07) is 17.3. The molecule has 0 aliphatic heterocycles. The molecule has 4 aromatic rings. The normalized spacial score (nSPS) is 11.5. The number of oxazole rings is 1. The summed E-state index contributed by atoms with van der Waals surface area (Å²) in [4.78, 5) is 17.3. The molecular formula is C23H17Cl3N2O3. The first kappa shape index (κ1) is 21.5. The van der Waals surface area contributed by atoms with Gasteiger partial charge in [-0.05, 0) is 68.4 Å². The van der Waals surface area contributed by atoms with Crippen molar-refractivity contribution in [3.8, 4) is 17.2 Å². The van der Waals surface area contributed by atoms with Crippen molar-refractivity contribution in [2.24, 2.45) is 0 Å². The molecule has 0 spiro atoms. The number of nitrogens with zero attached hydrogens (tertiary/aromatic N) is 1. The lowest BCUT2D eigenvalue weighted by Crippen LogP contribution is -2.42.